The predicted molar refractivity (Wildman–Crippen MR) is 84.9 cm³/mol. The van der Waals surface area contributed by atoms with Crippen molar-refractivity contribution in [2.75, 3.05) is 7.11 Å². The van der Waals surface area contributed by atoms with Crippen molar-refractivity contribution in [2.24, 2.45) is 0 Å². The molecule has 1 N–H and O–H groups in total. The predicted octanol–water partition coefficient (Wildman–Crippen LogP) is 3.86. The van der Waals surface area contributed by atoms with Crippen LogP contribution in [0.25, 0.3) is 6.08 Å². The fraction of sp³-hybridized carbons (Fsp3) is 0.167. The van der Waals surface area contributed by atoms with E-state index in [1.807, 2.05) is 0 Å². The number of methoxy groups -OCH3 is 1. The summed E-state index contributed by atoms with van der Waals surface area (Å²) in [5.74, 6) is -0.988. The van der Waals surface area contributed by atoms with Crippen LogP contribution in [-0.2, 0) is 4.79 Å². The molecule has 1 atom stereocenters. The van der Waals surface area contributed by atoms with Gasteiger partial charge < -0.3 is 10.1 Å². The van der Waals surface area contributed by atoms with Crippen LogP contribution in [-0.4, -0.2) is 13.0 Å². The molecule has 0 bridgehead atoms. The van der Waals surface area contributed by atoms with Gasteiger partial charge in [-0.15, -0.1) is 0 Å². The summed E-state index contributed by atoms with van der Waals surface area (Å²) in [6.07, 6.45) is 2.83. The Bertz CT molecular complexity index is 711. The van der Waals surface area contributed by atoms with Gasteiger partial charge in [-0.3, -0.25) is 4.79 Å². The van der Waals surface area contributed by atoms with Gasteiger partial charge in [-0.1, -0.05) is 18.2 Å². The number of carbonyl (C=O) groups excluding carboxylic acids is 1. The SMILES string of the molecule is COc1ccc(/C=C/C(=O)NC(C)c2ccc(F)cc2)cc1F. The van der Waals surface area contributed by atoms with Crippen molar-refractivity contribution in [3.63, 3.8) is 0 Å². The number of carbonyl (C=O) groups is 1. The molecule has 2 aromatic rings. The number of hydrogen-bond donors (Lipinski definition) is 1. The molecule has 0 aliphatic rings. The van der Waals surface area contributed by atoms with Gasteiger partial charge >= 0.3 is 0 Å². The topological polar surface area (TPSA) is 38.3 Å². The summed E-state index contributed by atoms with van der Waals surface area (Å²) in [5, 5.41) is 2.76. The Labute approximate surface area is 133 Å². The number of ether oxygens (including phenoxy) is 1. The van der Waals surface area contributed by atoms with E-state index in [9.17, 15) is 13.6 Å². The van der Waals surface area contributed by atoms with Crippen LogP contribution in [0.3, 0.4) is 0 Å². The first kappa shape index (κ1) is 16.7. The molecule has 0 heterocycles. The van der Waals surface area contributed by atoms with Gasteiger partial charge in [-0.2, -0.15) is 0 Å². The van der Waals surface area contributed by atoms with E-state index in [1.165, 1.54) is 43.5 Å². The number of rotatable bonds is 5. The molecular formula is C18H17F2NO2. The zero-order chi connectivity index (χ0) is 16.8. The molecule has 0 aromatic heterocycles. The molecule has 0 aliphatic heterocycles. The largest absolute Gasteiger partial charge is 0.494 e. The van der Waals surface area contributed by atoms with Crippen molar-refractivity contribution in [1.29, 1.82) is 0 Å². The van der Waals surface area contributed by atoms with Crippen molar-refractivity contribution < 1.29 is 18.3 Å². The highest BCUT2D eigenvalue weighted by molar-refractivity contribution is 5.92. The highest BCUT2D eigenvalue weighted by Gasteiger charge is 2.07. The van der Waals surface area contributed by atoms with Gasteiger partial charge in [0.2, 0.25) is 5.91 Å². The Morgan fingerprint density at radius 3 is 2.48 bits per heavy atom. The molecule has 0 fully saturated rings. The van der Waals surface area contributed by atoms with Gasteiger partial charge in [0.25, 0.3) is 0 Å². The molecule has 23 heavy (non-hydrogen) atoms. The van der Waals surface area contributed by atoms with Gasteiger partial charge in [0.05, 0.1) is 13.2 Å². The minimum atomic E-state index is -0.491. The Kier molecular flexibility index (Phi) is 5.46. The van der Waals surface area contributed by atoms with Gasteiger partial charge in [-0.05, 0) is 48.4 Å². The fourth-order valence-corrected chi connectivity index (χ4v) is 2.05. The summed E-state index contributed by atoms with van der Waals surface area (Å²) in [7, 11) is 1.39. The summed E-state index contributed by atoms with van der Waals surface area (Å²) in [4.78, 5) is 11.9. The standard InChI is InChI=1S/C18H17F2NO2/c1-12(14-5-7-15(19)8-6-14)21-18(22)10-4-13-3-9-17(23-2)16(20)11-13/h3-12H,1-2H3,(H,21,22)/b10-4+. The van der Waals surface area contributed by atoms with Crippen molar-refractivity contribution in [2.45, 2.75) is 13.0 Å². The normalized spacial score (nSPS) is 12.2. The van der Waals surface area contributed by atoms with Crippen molar-refractivity contribution in [1.82, 2.24) is 5.32 Å². The molecule has 2 aromatic carbocycles. The van der Waals surface area contributed by atoms with E-state index in [0.29, 0.717) is 5.56 Å². The monoisotopic (exact) mass is 317 g/mol. The van der Waals surface area contributed by atoms with Gasteiger partial charge in [-0.25, -0.2) is 8.78 Å². The molecule has 0 aliphatic carbocycles. The summed E-state index contributed by atoms with van der Waals surface area (Å²) in [5.41, 5.74) is 1.34. The van der Waals surface area contributed by atoms with Crippen LogP contribution in [0.15, 0.2) is 48.5 Å². The maximum absolute atomic E-state index is 13.5. The molecular weight excluding hydrogens is 300 g/mol. The van der Waals surface area contributed by atoms with Crippen LogP contribution < -0.4 is 10.1 Å². The maximum atomic E-state index is 13.5. The van der Waals surface area contributed by atoms with E-state index in [2.05, 4.69) is 5.32 Å². The van der Waals surface area contributed by atoms with E-state index in [-0.39, 0.29) is 23.5 Å². The molecule has 0 saturated carbocycles. The third kappa shape index (κ3) is 4.64. The molecule has 3 nitrogen and oxygen atoms in total. The second-order valence-corrected chi connectivity index (χ2v) is 5.01. The molecule has 2 rings (SSSR count). The van der Waals surface area contributed by atoms with Crippen LogP contribution in [0.5, 0.6) is 5.75 Å². The van der Waals surface area contributed by atoms with Gasteiger partial charge in [0.1, 0.15) is 5.82 Å². The molecule has 0 radical (unpaired) electrons. The lowest BCUT2D eigenvalue weighted by Gasteiger charge is -2.12. The molecule has 0 saturated heterocycles. The zero-order valence-electron chi connectivity index (χ0n) is 12.8. The Hall–Kier alpha value is -2.69. The minimum absolute atomic E-state index is 0.150. The van der Waals surface area contributed by atoms with Crippen molar-refractivity contribution >= 4 is 12.0 Å². The summed E-state index contributed by atoms with van der Waals surface area (Å²) in [6, 6.07) is 10.1. The highest BCUT2D eigenvalue weighted by atomic mass is 19.1. The third-order valence-electron chi connectivity index (χ3n) is 3.33. The summed E-state index contributed by atoms with van der Waals surface area (Å²) >= 11 is 0. The lowest BCUT2D eigenvalue weighted by molar-refractivity contribution is -0.117. The minimum Gasteiger partial charge on any atom is -0.494 e. The Morgan fingerprint density at radius 1 is 1.17 bits per heavy atom. The second-order valence-electron chi connectivity index (χ2n) is 5.01. The number of hydrogen-bond acceptors (Lipinski definition) is 2. The van der Waals surface area contributed by atoms with E-state index < -0.39 is 5.82 Å². The number of halogens is 2. The quantitative estimate of drug-likeness (QED) is 0.850. The van der Waals surface area contributed by atoms with Crippen LogP contribution >= 0.6 is 0 Å². The average Bonchev–Trinajstić information content (AvgIpc) is 2.53. The zero-order valence-corrected chi connectivity index (χ0v) is 12.8. The molecule has 120 valence electrons. The molecule has 1 unspecified atom stereocenters. The third-order valence-corrected chi connectivity index (χ3v) is 3.33. The van der Waals surface area contributed by atoms with Crippen molar-refractivity contribution in [3.05, 3.63) is 71.3 Å². The first-order chi connectivity index (χ1) is 11.0. The molecule has 5 heteroatoms. The van der Waals surface area contributed by atoms with Crippen LogP contribution in [0.1, 0.15) is 24.1 Å². The average molecular weight is 317 g/mol. The van der Waals surface area contributed by atoms with Crippen LogP contribution in [0, 0.1) is 11.6 Å². The van der Waals surface area contributed by atoms with E-state index in [4.69, 9.17) is 4.74 Å². The van der Waals surface area contributed by atoms with Crippen LogP contribution in [0.4, 0.5) is 8.78 Å². The first-order valence-corrected chi connectivity index (χ1v) is 7.07. The van der Waals surface area contributed by atoms with Gasteiger partial charge in [0, 0.05) is 6.08 Å². The Balaban J connectivity index is 1.98. The van der Waals surface area contributed by atoms with Crippen molar-refractivity contribution in [3.8, 4) is 5.75 Å². The lowest BCUT2D eigenvalue weighted by Crippen LogP contribution is -2.24. The number of benzene rings is 2. The van der Waals surface area contributed by atoms with Gasteiger partial charge in [0.15, 0.2) is 11.6 Å². The number of amides is 1. The lowest BCUT2D eigenvalue weighted by atomic mass is 10.1. The summed E-state index contributed by atoms with van der Waals surface area (Å²) in [6.45, 7) is 1.80. The molecule has 1 amide bonds. The Morgan fingerprint density at radius 2 is 1.87 bits per heavy atom. The first-order valence-electron chi connectivity index (χ1n) is 7.07. The van der Waals surface area contributed by atoms with E-state index in [1.54, 1.807) is 25.1 Å². The van der Waals surface area contributed by atoms with E-state index >= 15 is 0 Å². The molecule has 0 spiro atoms. The van der Waals surface area contributed by atoms with E-state index in [0.717, 1.165) is 5.56 Å². The van der Waals surface area contributed by atoms with Crippen LogP contribution in [0.2, 0.25) is 0 Å². The number of nitrogens with one attached hydrogen (secondary N) is 1. The summed E-state index contributed by atoms with van der Waals surface area (Å²) < 4.78 is 31.2. The smallest absolute Gasteiger partial charge is 0.244 e. The second kappa shape index (κ2) is 7.54. The fourth-order valence-electron chi connectivity index (χ4n) is 2.05. The highest BCUT2D eigenvalue weighted by Crippen LogP contribution is 2.18. The maximum Gasteiger partial charge on any atom is 0.244 e.